The van der Waals surface area contributed by atoms with Crippen molar-refractivity contribution in [3.8, 4) is 11.3 Å². The first-order valence-corrected chi connectivity index (χ1v) is 7.84. The molecule has 0 saturated heterocycles. The maximum Gasteiger partial charge on any atom is 0.123 e. The molecule has 0 aliphatic rings. The summed E-state index contributed by atoms with van der Waals surface area (Å²) in [4.78, 5) is 6.83. The van der Waals surface area contributed by atoms with E-state index in [0.29, 0.717) is 0 Å². The van der Waals surface area contributed by atoms with E-state index in [4.69, 9.17) is 0 Å². The summed E-state index contributed by atoms with van der Waals surface area (Å²) < 4.78 is 14.8. The minimum absolute atomic E-state index is 0.226. The molecule has 22 heavy (non-hydrogen) atoms. The van der Waals surface area contributed by atoms with E-state index in [1.54, 1.807) is 28.2 Å². The monoisotopic (exact) mass is 316 g/mol. The Kier molecular flexibility index (Phi) is 4.31. The van der Waals surface area contributed by atoms with E-state index in [1.807, 2.05) is 24.8 Å². The Morgan fingerprint density at radius 3 is 2.68 bits per heavy atom. The molecular weight excluding hydrogens is 299 g/mol. The fraction of sp³-hybridized carbons (Fsp3) is 0.250. The van der Waals surface area contributed by atoms with Crippen molar-refractivity contribution >= 4 is 11.3 Å². The zero-order valence-electron chi connectivity index (χ0n) is 12.5. The predicted octanol–water partition coefficient (Wildman–Crippen LogP) is 3.31. The molecule has 0 atom stereocenters. The third-order valence-electron chi connectivity index (χ3n) is 3.31. The summed E-state index contributed by atoms with van der Waals surface area (Å²) in [5, 5.41) is 7.24. The van der Waals surface area contributed by atoms with Crippen molar-refractivity contribution in [1.82, 2.24) is 19.7 Å². The molecule has 3 aromatic rings. The van der Waals surface area contributed by atoms with Crippen LogP contribution in [0.4, 0.5) is 4.39 Å². The Labute approximate surface area is 132 Å². The number of aryl methyl sites for hydroxylation is 1. The molecule has 0 aliphatic heterocycles. The van der Waals surface area contributed by atoms with Gasteiger partial charge in [0.25, 0.3) is 0 Å². The first-order chi connectivity index (χ1) is 10.6. The van der Waals surface area contributed by atoms with Gasteiger partial charge in [0.1, 0.15) is 10.8 Å². The maximum atomic E-state index is 13.0. The summed E-state index contributed by atoms with van der Waals surface area (Å²) in [6.07, 6.45) is 3.89. The van der Waals surface area contributed by atoms with Crippen molar-refractivity contribution in [2.45, 2.75) is 13.1 Å². The van der Waals surface area contributed by atoms with Crippen LogP contribution in [0.15, 0.2) is 42.0 Å². The van der Waals surface area contributed by atoms with Gasteiger partial charge in [-0.05, 0) is 31.3 Å². The molecule has 0 fully saturated rings. The van der Waals surface area contributed by atoms with Gasteiger partial charge >= 0.3 is 0 Å². The molecule has 6 heteroatoms. The molecule has 3 rings (SSSR count). The number of hydrogen-bond acceptors (Lipinski definition) is 4. The molecule has 0 unspecified atom stereocenters. The van der Waals surface area contributed by atoms with Crippen LogP contribution in [0.2, 0.25) is 0 Å². The number of thiazole rings is 1. The van der Waals surface area contributed by atoms with Gasteiger partial charge in [-0.3, -0.25) is 9.58 Å². The second kappa shape index (κ2) is 6.37. The minimum Gasteiger partial charge on any atom is -0.295 e. The summed E-state index contributed by atoms with van der Waals surface area (Å²) in [6, 6.07) is 6.44. The van der Waals surface area contributed by atoms with Crippen LogP contribution in [-0.4, -0.2) is 26.7 Å². The van der Waals surface area contributed by atoms with E-state index >= 15 is 0 Å². The first-order valence-electron chi connectivity index (χ1n) is 6.96. The Bertz CT molecular complexity index is 748. The molecule has 2 heterocycles. The summed E-state index contributed by atoms with van der Waals surface area (Å²) in [5.74, 6) is -0.226. The zero-order chi connectivity index (χ0) is 15.5. The van der Waals surface area contributed by atoms with Crippen molar-refractivity contribution in [3.63, 3.8) is 0 Å². The van der Waals surface area contributed by atoms with Crippen LogP contribution in [0.25, 0.3) is 11.3 Å². The van der Waals surface area contributed by atoms with Crippen LogP contribution in [0.3, 0.4) is 0 Å². The smallest absolute Gasteiger partial charge is 0.123 e. The molecule has 0 radical (unpaired) electrons. The highest BCUT2D eigenvalue weighted by Gasteiger charge is 2.08. The SMILES string of the molecule is CN(Cc1cnn(C)c1)Cc1nc(-c2ccc(F)cc2)cs1. The standard InChI is InChI=1S/C16H17FN4S/c1-20(8-12-7-18-21(2)9-12)10-16-19-15(11-22-16)13-3-5-14(17)6-4-13/h3-7,9,11H,8,10H2,1-2H3. The lowest BCUT2D eigenvalue weighted by Crippen LogP contribution is -2.16. The van der Waals surface area contributed by atoms with Crippen LogP contribution in [0.5, 0.6) is 0 Å². The minimum atomic E-state index is -0.226. The van der Waals surface area contributed by atoms with Crippen molar-refractivity contribution in [1.29, 1.82) is 0 Å². The fourth-order valence-electron chi connectivity index (χ4n) is 2.29. The molecule has 4 nitrogen and oxygen atoms in total. The first kappa shape index (κ1) is 14.9. The normalized spacial score (nSPS) is 11.3. The lowest BCUT2D eigenvalue weighted by molar-refractivity contribution is 0.318. The van der Waals surface area contributed by atoms with Gasteiger partial charge in [0, 0.05) is 36.3 Å². The highest BCUT2D eigenvalue weighted by atomic mass is 32.1. The zero-order valence-corrected chi connectivity index (χ0v) is 13.3. The molecule has 1 aromatic carbocycles. The maximum absolute atomic E-state index is 13.0. The van der Waals surface area contributed by atoms with E-state index < -0.39 is 0 Å². The average Bonchev–Trinajstić information content (AvgIpc) is 3.09. The second-order valence-corrected chi connectivity index (χ2v) is 6.27. The highest BCUT2D eigenvalue weighted by molar-refractivity contribution is 7.09. The van der Waals surface area contributed by atoms with Crippen LogP contribution in [0.1, 0.15) is 10.6 Å². The predicted molar refractivity (Wildman–Crippen MR) is 85.9 cm³/mol. The number of aromatic nitrogens is 3. The summed E-state index contributed by atoms with van der Waals surface area (Å²) >= 11 is 1.63. The Balaban J connectivity index is 1.65. The fourth-order valence-corrected chi connectivity index (χ4v) is 3.17. The van der Waals surface area contributed by atoms with Crippen LogP contribution < -0.4 is 0 Å². The van der Waals surface area contributed by atoms with Crippen molar-refractivity contribution in [2.75, 3.05) is 7.05 Å². The Morgan fingerprint density at radius 1 is 1.23 bits per heavy atom. The largest absolute Gasteiger partial charge is 0.295 e. The van der Waals surface area contributed by atoms with Crippen LogP contribution in [-0.2, 0) is 20.1 Å². The van der Waals surface area contributed by atoms with E-state index in [9.17, 15) is 4.39 Å². The molecule has 114 valence electrons. The average molecular weight is 316 g/mol. The van der Waals surface area contributed by atoms with Gasteiger partial charge in [0.05, 0.1) is 18.4 Å². The molecule has 0 N–H and O–H groups in total. The number of rotatable bonds is 5. The highest BCUT2D eigenvalue weighted by Crippen LogP contribution is 2.23. The van der Waals surface area contributed by atoms with Gasteiger partial charge in [-0.2, -0.15) is 5.10 Å². The van der Waals surface area contributed by atoms with Crippen molar-refractivity contribution in [2.24, 2.45) is 7.05 Å². The second-order valence-electron chi connectivity index (χ2n) is 5.33. The van der Waals surface area contributed by atoms with E-state index in [1.165, 1.54) is 17.7 Å². The number of nitrogens with zero attached hydrogens (tertiary/aromatic N) is 4. The molecule has 0 aliphatic carbocycles. The Morgan fingerprint density at radius 2 is 2.00 bits per heavy atom. The number of hydrogen-bond donors (Lipinski definition) is 0. The molecule has 0 amide bonds. The molecule has 2 aromatic heterocycles. The molecule has 0 saturated carbocycles. The van der Waals surface area contributed by atoms with E-state index in [-0.39, 0.29) is 5.82 Å². The van der Waals surface area contributed by atoms with Crippen LogP contribution in [0, 0.1) is 5.82 Å². The number of halogens is 1. The molecular formula is C16H17FN4S. The van der Waals surface area contributed by atoms with Gasteiger partial charge in [0.2, 0.25) is 0 Å². The number of benzene rings is 1. The quantitative estimate of drug-likeness (QED) is 0.724. The molecule has 0 bridgehead atoms. The van der Waals surface area contributed by atoms with Gasteiger partial charge in [0.15, 0.2) is 0 Å². The van der Waals surface area contributed by atoms with Gasteiger partial charge < -0.3 is 0 Å². The molecule has 0 spiro atoms. The summed E-state index contributed by atoms with van der Waals surface area (Å²) in [7, 11) is 3.98. The van der Waals surface area contributed by atoms with E-state index in [2.05, 4.69) is 22.0 Å². The lowest BCUT2D eigenvalue weighted by Gasteiger charge is -2.13. The third-order valence-corrected chi connectivity index (χ3v) is 4.14. The van der Waals surface area contributed by atoms with Gasteiger partial charge in [-0.25, -0.2) is 9.37 Å². The topological polar surface area (TPSA) is 34.0 Å². The Hall–Kier alpha value is -2.05. The summed E-state index contributed by atoms with van der Waals surface area (Å²) in [6.45, 7) is 1.61. The third kappa shape index (κ3) is 3.58. The van der Waals surface area contributed by atoms with E-state index in [0.717, 1.165) is 29.4 Å². The lowest BCUT2D eigenvalue weighted by atomic mass is 10.2. The van der Waals surface area contributed by atoms with Crippen molar-refractivity contribution in [3.05, 3.63) is 58.4 Å². The van der Waals surface area contributed by atoms with Gasteiger partial charge in [-0.15, -0.1) is 11.3 Å². The van der Waals surface area contributed by atoms with Crippen molar-refractivity contribution < 1.29 is 4.39 Å². The van der Waals surface area contributed by atoms with Crippen LogP contribution >= 0.6 is 11.3 Å². The summed E-state index contributed by atoms with van der Waals surface area (Å²) in [5.41, 5.74) is 3.02. The van der Waals surface area contributed by atoms with Gasteiger partial charge in [-0.1, -0.05) is 0 Å².